The number of hydrogen-bond acceptors (Lipinski definition) is 3. The van der Waals surface area contributed by atoms with E-state index in [2.05, 4.69) is 37.1 Å². The third-order valence-electron chi connectivity index (χ3n) is 3.21. The second kappa shape index (κ2) is 5.70. The van der Waals surface area contributed by atoms with E-state index in [9.17, 15) is 0 Å². The van der Waals surface area contributed by atoms with Crippen LogP contribution in [0.1, 0.15) is 52.0 Å². The van der Waals surface area contributed by atoms with Gasteiger partial charge in [0.15, 0.2) is 0 Å². The van der Waals surface area contributed by atoms with Crippen molar-refractivity contribution in [3.8, 4) is 5.88 Å². The van der Waals surface area contributed by atoms with Crippen LogP contribution in [0.15, 0.2) is 18.3 Å². The van der Waals surface area contributed by atoms with Gasteiger partial charge in [-0.2, -0.15) is 0 Å². The minimum Gasteiger partial charge on any atom is -0.474 e. The number of rotatable bonds is 4. The van der Waals surface area contributed by atoms with Gasteiger partial charge in [-0.15, -0.1) is 0 Å². The fourth-order valence-corrected chi connectivity index (χ4v) is 2.13. The van der Waals surface area contributed by atoms with Gasteiger partial charge < -0.3 is 10.1 Å². The average Bonchev–Trinajstić information content (AvgIpc) is 2.80. The Bertz CT molecular complexity index is 361. The van der Waals surface area contributed by atoms with E-state index in [0.29, 0.717) is 6.10 Å². The van der Waals surface area contributed by atoms with Gasteiger partial charge in [0.1, 0.15) is 6.10 Å². The predicted octanol–water partition coefficient (Wildman–Crippen LogP) is 3.29. The van der Waals surface area contributed by atoms with Crippen molar-refractivity contribution < 1.29 is 4.74 Å². The minimum atomic E-state index is 0.138. The fraction of sp³-hybridized carbons (Fsp3) is 0.667. The summed E-state index contributed by atoms with van der Waals surface area (Å²) in [5, 5.41) is 3.45. The molecule has 18 heavy (non-hydrogen) atoms. The monoisotopic (exact) mass is 248 g/mol. The predicted molar refractivity (Wildman–Crippen MR) is 73.7 cm³/mol. The Kier molecular flexibility index (Phi) is 4.23. The van der Waals surface area contributed by atoms with Crippen LogP contribution in [0.5, 0.6) is 5.88 Å². The third-order valence-corrected chi connectivity index (χ3v) is 3.21. The van der Waals surface area contributed by atoms with Crippen LogP contribution in [0.2, 0.25) is 0 Å². The molecule has 100 valence electrons. The molecule has 0 unspecified atom stereocenters. The van der Waals surface area contributed by atoms with E-state index >= 15 is 0 Å². The van der Waals surface area contributed by atoms with Gasteiger partial charge in [0.2, 0.25) is 5.88 Å². The molecule has 2 rings (SSSR count). The Morgan fingerprint density at radius 1 is 1.28 bits per heavy atom. The zero-order valence-corrected chi connectivity index (χ0v) is 11.7. The molecule has 0 atom stereocenters. The van der Waals surface area contributed by atoms with E-state index in [1.165, 1.54) is 31.2 Å². The molecule has 3 nitrogen and oxygen atoms in total. The first-order valence-corrected chi connectivity index (χ1v) is 6.89. The average molecular weight is 248 g/mol. The van der Waals surface area contributed by atoms with E-state index < -0.39 is 0 Å². The van der Waals surface area contributed by atoms with Gasteiger partial charge in [0, 0.05) is 24.3 Å². The smallest absolute Gasteiger partial charge is 0.213 e. The number of nitrogens with one attached hydrogen (secondary N) is 1. The van der Waals surface area contributed by atoms with E-state index in [4.69, 9.17) is 4.74 Å². The van der Waals surface area contributed by atoms with Gasteiger partial charge in [-0.05, 0) is 52.0 Å². The molecule has 1 N–H and O–H groups in total. The molecule has 1 aliphatic carbocycles. The van der Waals surface area contributed by atoms with E-state index in [1.807, 2.05) is 12.3 Å². The Labute approximate surface area is 110 Å². The summed E-state index contributed by atoms with van der Waals surface area (Å²) in [6, 6.07) is 4.08. The normalized spacial score (nSPS) is 17.1. The van der Waals surface area contributed by atoms with E-state index in [1.54, 1.807) is 0 Å². The number of hydrogen-bond donors (Lipinski definition) is 1. The molecule has 0 radical (unpaired) electrons. The van der Waals surface area contributed by atoms with Crippen molar-refractivity contribution >= 4 is 0 Å². The van der Waals surface area contributed by atoms with Crippen LogP contribution in [-0.2, 0) is 6.54 Å². The Morgan fingerprint density at radius 2 is 2.00 bits per heavy atom. The molecule has 3 heteroatoms. The lowest BCUT2D eigenvalue weighted by molar-refractivity contribution is 0.201. The largest absolute Gasteiger partial charge is 0.474 e. The molecule has 0 saturated heterocycles. The molecule has 0 amide bonds. The lowest BCUT2D eigenvalue weighted by Crippen LogP contribution is -2.35. The molecule has 1 aromatic heterocycles. The zero-order valence-electron chi connectivity index (χ0n) is 11.7. The summed E-state index contributed by atoms with van der Waals surface area (Å²) < 4.78 is 5.84. The molecular weight excluding hydrogens is 224 g/mol. The van der Waals surface area contributed by atoms with Crippen molar-refractivity contribution in [1.82, 2.24) is 10.3 Å². The van der Waals surface area contributed by atoms with Crippen LogP contribution in [0.25, 0.3) is 0 Å². The molecule has 1 aromatic rings. The summed E-state index contributed by atoms with van der Waals surface area (Å²) in [5.41, 5.74) is 1.34. The lowest BCUT2D eigenvalue weighted by Gasteiger charge is -2.20. The summed E-state index contributed by atoms with van der Waals surface area (Å²) in [7, 11) is 0. The lowest BCUT2D eigenvalue weighted by atomic mass is 10.1. The first kappa shape index (κ1) is 13.3. The van der Waals surface area contributed by atoms with Gasteiger partial charge in [-0.1, -0.05) is 6.07 Å². The highest BCUT2D eigenvalue weighted by Gasteiger charge is 2.16. The zero-order chi connectivity index (χ0) is 13.0. The van der Waals surface area contributed by atoms with E-state index in [-0.39, 0.29) is 5.54 Å². The number of nitrogens with zero attached hydrogens (tertiary/aromatic N) is 1. The summed E-state index contributed by atoms with van der Waals surface area (Å²) >= 11 is 0. The van der Waals surface area contributed by atoms with Gasteiger partial charge in [0.05, 0.1) is 0 Å². The summed E-state index contributed by atoms with van der Waals surface area (Å²) in [6.07, 6.45) is 7.22. The SMILES string of the molecule is CC(C)(C)NCc1ccc(OC2CCCC2)nc1. The highest BCUT2D eigenvalue weighted by atomic mass is 16.5. The van der Waals surface area contributed by atoms with Crippen LogP contribution < -0.4 is 10.1 Å². The second-order valence-corrected chi connectivity index (χ2v) is 6.13. The van der Waals surface area contributed by atoms with Crippen molar-refractivity contribution in [2.24, 2.45) is 0 Å². The maximum atomic E-state index is 5.84. The number of pyridine rings is 1. The topological polar surface area (TPSA) is 34.1 Å². The van der Waals surface area contributed by atoms with Crippen molar-refractivity contribution in [2.75, 3.05) is 0 Å². The standard InChI is InChI=1S/C15H24N2O/c1-15(2,3)17-11-12-8-9-14(16-10-12)18-13-6-4-5-7-13/h8-10,13,17H,4-7,11H2,1-3H3. The van der Waals surface area contributed by atoms with Crippen molar-refractivity contribution in [3.63, 3.8) is 0 Å². The highest BCUT2D eigenvalue weighted by Crippen LogP contribution is 2.22. The van der Waals surface area contributed by atoms with Gasteiger partial charge in [-0.25, -0.2) is 4.98 Å². The number of aromatic nitrogens is 1. The highest BCUT2D eigenvalue weighted by molar-refractivity contribution is 5.18. The minimum absolute atomic E-state index is 0.138. The first-order valence-electron chi connectivity index (χ1n) is 6.89. The van der Waals surface area contributed by atoms with Gasteiger partial charge >= 0.3 is 0 Å². The molecule has 0 aliphatic heterocycles. The number of ether oxygens (including phenoxy) is 1. The van der Waals surface area contributed by atoms with Crippen LogP contribution in [0.3, 0.4) is 0 Å². The molecule has 0 aromatic carbocycles. The third kappa shape index (κ3) is 4.30. The van der Waals surface area contributed by atoms with Gasteiger partial charge in [-0.3, -0.25) is 0 Å². The quantitative estimate of drug-likeness (QED) is 0.887. The molecule has 0 spiro atoms. The van der Waals surface area contributed by atoms with Crippen LogP contribution in [0, 0.1) is 0 Å². The summed E-state index contributed by atoms with van der Waals surface area (Å²) in [6.45, 7) is 7.34. The fourth-order valence-electron chi connectivity index (χ4n) is 2.13. The van der Waals surface area contributed by atoms with Crippen LogP contribution >= 0.6 is 0 Å². The van der Waals surface area contributed by atoms with Crippen LogP contribution in [0.4, 0.5) is 0 Å². The van der Waals surface area contributed by atoms with Crippen molar-refractivity contribution in [3.05, 3.63) is 23.9 Å². The Hall–Kier alpha value is -1.09. The molecule has 1 heterocycles. The molecule has 1 aliphatic rings. The maximum Gasteiger partial charge on any atom is 0.213 e. The van der Waals surface area contributed by atoms with Gasteiger partial charge in [0.25, 0.3) is 0 Å². The molecule has 0 bridgehead atoms. The summed E-state index contributed by atoms with van der Waals surface area (Å²) in [4.78, 5) is 4.38. The molecule has 1 fully saturated rings. The van der Waals surface area contributed by atoms with E-state index in [0.717, 1.165) is 12.4 Å². The van der Waals surface area contributed by atoms with Crippen molar-refractivity contribution in [1.29, 1.82) is 0 Å². The molecular formula is C15H24N2O. The first-order chi connectivity index (χ1) is 8.53. The van der Waals surface area contributed by atoms with Crippen LogP contribution in [-0.4, -0.2) is 16.6 Å². The molecule has 1 saturated carbocycles. The second-order valence-electron chi connectivity index (χ2n) is 6.13. The Balaban J connectivity index is 1.85. The summed E-state index contributed by atoms with van der Waals surface area (Å²) in [5.74, 6) is 0.765. The maximum absolute atomic E-state index is 5.84. The Morgan fingerprint density at radius 3 is 2.56 bits per heavy atom. The van der Waals surface area contributed by atoms with Crippen molar-refractivity contribution in [2.45, 2.75) is 64.6 Å².